The van der Waals surface area contributed by atoms with Gasteiger partial charge in [-0.1, -0.05) is 6.07 Å². The van der Waals surface area contributed by atoms with E-state index in [9.17, 15) is 8.78 Å². The Morgan fingerprint density at radius 1 is 1.29 bits per heavy atom. The molecular formula is C12H15F2N3. The van der Waals surface area contributed by atoms with Gasteiger partial charge in [-0.25, -0.2) is 4.98 Å². The van der Waals surface area contributed by atoms with E-state index in [1.54, 1.807) is 13.0 Å². The molecule has 92 valence electrons. The molecule has 0 fully saturated rings. The van der Waals surface area contributed by atoms with E-state index in [2.05, 4.69) is 9.97 Å². The van der Waals surface area contributed by atoms with Gasteiger partial charge in [0, 0.05) is 5.56 Å². The zero-order valence-electron chi connectivity index (χ0n) is 10.0. The van der Waals surface area contributed by atoms with Crippen molar-refractivity contribution in [1.29, 1.82) is 0 Å². The van der Waals surface area contributed by atoms with E-state index in [1.165, 1.54) is 26.0 Å². The summed E-state index contributed by atoms with van der Waals surface area (Å²) in [6.07, 6.45) is 0. The van der Waals surface area contributed by atoms with E-state index >= 15 is 0 Å². The third-order valence-corrected chi connectivity index (χ3v) is 2.77. The fourth-order valence-electron chi connectivity index (χ4n) is 1.70. The normalized spacial score (nSPS) is 13.3. The lowest BCUT2D eigenvalue weighted by atomic mass is 9.91. The summed E-state index contributed by atoms with van der Waals surface area (Å²) < 4.78 is 28.1. The van der Waals surface area contributed by atoms with Crippen LogP contribution in [0.5, 0.6) is 0 Å². The van der Waals surface area contributed by atoms with Crippen LogP contribution in [-0.4, -0.2) is 15.5 Å². The second-order valence-electron chi connectivity index (χ2n) is 4.85. The van der Waals surface area contributed by atoms with E-state index < -0.39 is 11.5 Å². The first-order chi connectivity index (χ1) is 7.72. The molecule has 3 nitrogen and oxygen atoms in total. The highest BCUT2D eigenvalue weighted by Crippen LogP contribution is 2.37. The van der Waals surface area contributed by atoms with E-state index in [-0.39, 0.29) is 5.56 Å². The third-order valence-electron chi connectivity index (χ3n) is 2.77. The number of nitrogens with one attached hydrogen (secondary N) is 1. The quantitative estimate of drug-likeness (QED) is 0.846. The van der Waals surface area contributed by atoms with Gasteiger partial charge in [0.1, 0.15) is 5.82 Å². The monoisotopic (exact) mass is 239 g/mol. The summed E-state index contributed by atoms with van der Waals surface area (Å²) >= 11 is 0. The second kappa shape index (κ2) is 3.50. The highest BCUT2D eigenvalue weighted by atomic mass is 19.3. The van der Waals surface area contributed by atoms with Crippen molar-refractivity contribution in [2.75, 3.05) is 0 Å². The minimum absolute atomic E-state index is 0.0962. The summed E-state index contributed by atoms with van der Waals surface area (Å²) in [5, 5.41) is 0. The summed E-state index contributed by atoms with van der Waals surface area (Å²) in [5.41, 5.74) is 5.10. The number of hydrogen-bond donors (Lipinski definition) is 2. The number of benzene rings is 1. The Labute approximate surface area is 98.0 Å². The number of fused-ring (bicyclic) bond motifs is 1. The van der Waals surface area contributed by atoms with Crippen LogP contribution in [-0.2, 0) is 5.92 Å². The number of aromatic amines is 1. The Bertz CT molecular complexity index is 552. The lowest BCUT2D eigenvalue weighted by Crippen LogP contribution is -2.48. The molecule has 1 aromatic carbocycles. The van der Waals surface area contributed by atoms with Gasteiger partial charge in [-0.2, -0.15) is 8.78 Å². The van der Waals surface area contributed by atoms with Gasteiger partial charge in [-0.05, 0) is 32.9 Å². The fraction of sp³-hybridized carbons (Fsp3) is 0.417. The Morgan fingerprint density at radius 2 is 1.94 bits per heavy atom. The molecule has 0 atom stereocenters. The van der Waals surface area contributed by atoms with Gasteiger partial charge in [-0.15, -0.1) is 0 Å². The van der Waals surface area contributed by atoms with Gasteiger partial charge in [0.05, 0.1) is 16.6 Å². The lowest BCUT2D eigenvalue weighted by Gasteiger charge is -2.30. The van der Waals surface area contributed by atoms with Crippen molar-refractivity contribution >= 4 is 11.0 Å². The molecule has 17 heavy (non-hydrogen) atoms. The first-order valence-corrected chi connectivity index (χ1v) is 5.35. The largest absolute Gasteiger partial charge is 0.342 e. The van der Waals surface area contributed by atoms with Crippen molar-refractivity contribution in [3.05, 3.63) is 29.6 Å². The van der Waals surface area contributed by atoms with Gasteiger partial charge < -0.3 is 10.7 Å². The number of nitrogens with zero attached hydrogens (tertiary/aromatic N) is 1. The first-order valence-electron chi connectivity index (χ1n) is 5.35. The molecular weight excluding hydrogens is 224 g/mol. The number of H-pyrrole nitrogens is 1. The van der Waals surface area contributed by atoms with E-state index in [1.807, 2.05) is 0 Å². The van der Waals surface area contributed by atoms with Crippen LogP contribution < -0.4 is 5.73 Å². The molecule has 3 N–H and O–H groups in total. The Balaban J connectivity index is 2.56. The Morgan fingerprint density at radius 3 is 2.53 bits per heavy atom. The zero-order chi connectivity index (χ0) is 12.8. The number of halogens is 2. The van der Waals surface area contributed by atoms with Gasteiger partial charge in [0.25, 0.3) is 5.92 Å². The van der Waals surface area contributed by atoms with Crippen molar-refractivity contribution < 1.29 is 8.78 Å². The van der Waals surface area contributed by atoms with Crippen LogP contribution in [0.3, 0.4) is 0 Å². The predicted molar refractivity (Wildman–Crippen MR) is 63.0 cm³/mol. The van der Waals surface area contributed by atoms with Gasteiger partial charge in [0.2, 0.25) is 0 Å². The second-order valence-corrected chi connectivity index (χ2v) is 4.85. The maximum absolute atomic E-state index is 14.0. The highest BCUT2D eigenvalue weighted by Gasteiger charge is 2.45. The molecule has 5 heteroatoms. The molecule has 2 aromatic rings. The molecule has 0 radical (unpaired) electrons. The maximum Gasteiger partial charge on any atom is 0.290 e. The summed E-state index contributed by atoms with van der Waals surface area (Å²) in [6.45, 7) is 4.41. The Hall–Kier alpha value is -1.49. The van der Waals surface area contributed by atoms with Crippen LogP contribution in [0.15, 0.2) is 18.2 Å². The topological polar surface area (TPSA) is 54.7 Å². The first kappa shape index (κ1) is 12.0. The molecule has 0 spiro atoms. The molecule has 1 heterocycles. The van der Waals surface area contributed by atoms with Crippen molar-refractivity contribution in [1.82, 2.24) is 9.97 Å². The molecule has 0 bridgehead atoms. The number of hydrogen-bond acceptors (Lipinski definition) is 2. The van der Waals surface area contributed by atoms with Crippen molar-refractivity contribution in [3.8, 4) is 0 Å². The van der Waals surface area contributed by atoms with Crippen molar-refractivity contribution in [3.63, 3.8) is 0 Å². The van der Waals surface area contributed by atoms with Crippen LogP contribution in [0, 0.1) is 6.92 Å². The SMILES string of the molecule is Cc1nc2ccc(C(F)(F)C(C)(C)N)cc2[nH]1. The molecule has 0 aliphatic carbocycles. The molecule has 0 saturated heterocycles. The molecule has 0 amide bonds. The van der Waals surface area contributed by atoms with E-state index in [0.717, 1.165) is 0 Å². The van der Waals surface area contributed by atoms with Crippen LogP contribution in [0.25, 0.3) is 11.0 Å². The predicted octanol–water partition coefficient (Wildman–Crippen LogP) is 2.70. The molecule has 0 aliphatic heterocycles. The van der Waals surface area contributed by atoms with Crippen LogP contribution in [0.4, 0.5) is 8.78 Å². The fourth-order valence-corrected chi connectivity index (χ4v) is 1.70. The van der Waals surface area contributed by atoms with Crippen molar-refractivity contribution in [2.24, 2.45) is 5.73 Å². The summed E-state index contributed by atoms with van der Waals surface area (Å²) in [4.78, 5) is 7.10. The summed E-state index contributed by atoms with van der Waals surface area (Å²) in [5.74, 6) is -2.38. The molecule has 1 aromatic heterocycles. The number of nitrogens with two attached hydrogens (primary N) is 1. The van der Waals surface area contributed by atoms with Gasteiger partial charge >= 0.3 is 0 Å². The van der Waals surface area contributed by atoms with Gasteiger partial charge in [-0.3, -0.25) is 0 Å². The van der Waals surface area contributed by atoms with Gasteiger partial charge in [0.15, 0.2) is 0 Å². The number of alkyl halides is 2. The number of aryl methyl sites for hydroxylation is 1. The van der Waals surface area contributed by atoms with E-state index in [0.29, 0.717) is 16.9 Å². The average Bonchev–Trinajstić information content (AvgIpc) is 2.54. The highest BCUT2D eigenvalue weighted by molar-refractivity contribution is 5.76. The zero-order valence-corrected chi connectivity index (χ0v) is 10.0. The summed E-state index contributed by atoms with van der Waals surface area (Å²) in [6, 6.07) is 4.36. The van der Waals surface area contributed by atoms with Crippen molar-refractivity contribution in [2.45, 2.75) is 32.2 Å². The summed E-state index contributed by atoms with van der Waals surface area (Å²) in [7, 11) is 0. The molecule has 0 saturated carbocycles. The smallest absolute Gasteiger partial charge is 0.290 e. The standard InChI is InChI=1S/C12H15F2N3/c1-7-16-9-5-4-8(6-10(9)17-7)12(13,14)11(2,3)15/h4-6H,15H2,1-3H3,(H,16,17). The maximum atomic E-state index is 14.0. The molecule has 2 rings (SSSR count). The van der Waals surface area contributed by atoms with Crippen LogP contribution in [0.2, 0.25) is 0 Å². The number of aromatic nitrogens is 2. The lowest BCUT2D eigenvalue weighted by molar-refractivity contribution is -0.0671. The third kappa shape index (κ3) is 1.91. The van der Waals surface area contributed by atoms with Crippen LogP contribution in [0.1, 0.15) is 25.2 Å². The number of imidazole rings is 1. The molecule has 0 aliphatic rings. The Kier molecular flexibility index (Phi) is 2.47. The van der Waals surface area contributed by atoms with E-state index in [4.69, 9.17) is 5.73 Å². The molecule has 0 unspecified atom stereocenters. The van der Waals surface area contributed by atoms with Crippen LogP contribution >= 0.6 is 0 Å². The number of rotatable bonds is 2. The minimum atomic E-state index is -3.08. The average molecular weight is 239 g/mol. The minimum Gasteiger partial charge on any atom is -0.342 e.